The molecule has 0 saturated heterocycles. The van der Waals surface area contributed by atoms with E-state index in [1.54, 1.807) is 6.92 Å². The van der Waals surface area contributed by atoms with Gasteiger partial charge in [-0.1, -0.05) is 33.1 Å². The highest BCUT2D eigenvalue weighted by Gasteiger charge is 2.27. The molecule has 5 nitrogen and oxygen atoms in total. The lowest BCUT2D eigenvalue weighted by atomic mass is 9.94. The van der Waals surface area contributed by atoms with Crippen LogP contribution in [0, 0.1) is 5.92 Å². The Morgan fingerprint density at radius 2 is 1.84 bits per heavy atom. The molecule has 0 spiro atoms. The number of nitrogens with one attached hydrogen (secondary N) is 2. The lowest BCUT2D eigenvalue weighted by molar-refractivity contribution is -0.125. The third kappa shape index (κ3) is 5.49. The van der Waals surface area contributed by atoms with Crippen LogP contribution < -0.4 is 10.6 Å². The zero-order chi connectivity index (χ0) is 14.3. The summed E-state index contributed by atoms with van der Waals surface area (Å²) >= 11 is 0. The van der Waals surface area contributed by atoms with Crippen LogP contribution in [0.2, 0.25) is 0 Å². The van der Waals surface area contributed by atoms with Gasteiger partial charge in [0, 0.05) is 6.04 Å². The summed E-state index contributed by atoms with van der Waals surface area (Å²) in [5.74, 6) is -0.0667. The van der Waals surface area contributed by atoms with Crippen molar-refractivity contribution in [3.8, 4) is 0 Å². The van der Waals surface area contributed by atoms with Crippen LogP contribution in [0.25, 0.3) is 0 Å². The van der Waals surface area contributed by atoms with Crippen molar-refractivity contribution in [1.29, 1.82) is 0 Å². The molecule has 1 aliphatic rings. The van der Waals surface area contributed by atoms with Crippen molar-refractivity contribution in [2.24, 2.45) is 5.92 Å². The first kappa shape index (κ1) is 15.8. The zero-order valence-corrected chi connectivity index (χ0v) is 12.2. The van der Waals surface area contributed by atoms with E-state index in [-0.39, 0.29) is 17.9 Å². The molecule has 0 bridgehead atoms. The van der Waals surface area contributed by atoms with Crippen molar-refractivity contribution in [2.75, 3.05) is 6.61 Å². The summed E-state index contributed by atoms with van der Waals surface area (Å²) in [7, 11) is 0. The van der Waals surface area contributed by atoms with Gasteiger partial charge in [-0.05, 0) is 25.7 Å². The predicted octanol–water partition coefficient (Wildman–Crippen LogP) is 2.21. The Labute approximate surface area is 115 Å². The van der Waals surface area contributed by atoms with Crippen LogP contribution in [0.15, 0.2) is 0 Å². The van der Waals surface area contributed by atoms with Crippen LogP contribution >= 0.6 is 0 Å². The van der Waals surface area contributed by atoms with Gasteiger partial charge in [0.25, 0.3) is 0 Å². The average molecular weight is 270 g/mol. The van der Waals surface area contributed by atoms with E-state index in [0.29, 0.717) is 6.61 Å². The van der Waals surface area contributed by atoms with E-state index in [1.807, 2.05) is 13.8 Å². The maximum Gasteiger partial charge on any atom is 0.407 e. The van der Waals surface area contributed by atoms with E-state index in [0.717, 1.165) is 12.8 Å². The Balaban J connectivity index is 2.49. The number of carbonyl (C=O) groups is 2. The van der Waals surface area contributed by atoms with E-state index >= 15 is 0 Å². The molecule has 0 radical (unpaired) electrons. The molecule has 0 aliphatic heterocycles. The van der Waals surface area contributed by atoms with E-state index in [4.69, 9.17) is 4.74 Å². The standard InChI is InChI=1S/C14H26N2O3/c1-4-19-14(18)16-12(10(2)3)13(17)15-11-8-6-5-7-9-11/h10-12H,4-9H2,1-3H3,(H,15,17)(H,16,18)/t12-/m0/s1. The van der Waals surface area contributed by atoms with Crippen molar-refractivity contribution >= 4 is 12.0 Å². The second-order valence-electron chi connectivity index (χ2n) is 5.43. The Hall–Kier alpha value is -1.26. The molecule has 1 rings (SSSR count). The predicted molar refractivity (Wildman–Crippen MR) is 73.8 cm³/mol. The second-order valence-corrected chi connectivity index (χ2v) is 5.43. The number of carbonyl (C=O) groups excluding carboxylic acids is 2. The molecule has 1 saturated carbocycles. The van der Waals surface area contributed by atoms with Crippen molar-refractivity contribution < 1.29 is 14.3 Å². The maximum atomic E-state index is 12.2. The summed E-state index contributed by atoms with van der Waals surface area (Å²) in [6.07, 6.45) is 5.14. The minimum atomic E-state index is -0.528. The van der Waals surface area contributed by atoms with E-state index < -0.39 is 12.1 Å². The molecule has 0 aromatic rings. The number of hydrogen-bond donors (Lipinski definition) is 2. The van der Waals surface area contributed by atoms with Gasteiger partial charge in [-0.3, -0.25) is 4.79 Å². The number of ether oxygens (including phenoxy) is 1. The molecule has 110 valence electrons. The first-order valence-corrected chi connectivity index (χ1v) is 7.28. The van der Waals surface area contributed by atoms with E-state index in [1.165, 1.54) is 19.3 Å². The van der Waals surface area contributed by atoms with Crippen molar-refractivity contribution in [2.45, 2.75) is 65.0 Å². The topological polar surface area (TPSA) is 67.4 Å². The lowest BCUT2D eigenvalue weighted by Crippen LogP contribution is -2.52. The smallest absolute Gasteiger partial charge is 0.407 e. The Bertz CT molecular complexity index is 299. The summed E-state index contributed by atoms with van der Waals surface area (Å²) in [5, 5.41) is 5.67. The van der Waals surface area contributed by atoms with Crippen LogP contribution in [-0.4, -0.2) is 30.7 Å². The normalized spacial score (nSPS) is 17.9. The SMILES string of the molecule is CCOC(=O)N[C@H](C(=O)NC1CCCCC1)C(C)C. The van der Waals surface area contributed by atoms with Crippen molar-refractivity contribution in [3.05, 3.63) is 0 Å². The summed E-state index contributed by atoms with van der Waals surface area (Å²) in [5.41, 5.74) is 0. The van der Waals surface area contributed by atoms with Gasteiger partial charge in [0.2, 0.25) is 5.91 Å². The van der Waals surface area contributed by atoms with E-state index in [9.17, 15) is 9.59 Å². The molecular weight excluding hydrogens is 244 g/mol. The molecule has 5 heteroatoms. The Kier molecular flexibility index (Phi) is 6.67. The van der Waals surface area contributed by atoms with Gasteiger partial charge in [-0.25, -0.2) is 4.79 Å². The van der Waals surface area contributed by atoms with Gasteiger partial charge in [0.05, 0.1) is 6.61 Å². The first-order valence-electron chi connectivity index (χ1n) is 7.28. The molecule has 0 aromatic heterocycles. The monoisotopic (exact) mass is 270 g/mol. The molecule has 2 N–H and O–H groups in total. The number of alkyl carbamates (subject to hydrolysis) is 1. The fraction of sp³-hybridized carbons (Fsp3) is 0.857. The maximum absolute atomic E-state index is 12.2. The minimum absolute atomic E-state index is 0.0352. The summed E-state index contributed by atoms with van der Waals surface area (Å²) in [4.78, 5) is 23.7. The Morgan fingerprint density at radius 1 is 1.21 bits per heavy atom. The number of amides is 2. The van der Waals surface area contributed by atoms with Gasteiger partial charge in [-0.15, -0.1) is 0 Å². The molecule has 1 fully saturated rings. The summed E-state index contributed by atoms with van der Waals surface area (Å²) in [6, 6.07) is -0.271. The molecule has 0 heterocycles. The lowest BCUT2D eigenvalue weighted by Gasteiger charge is -2.27. The van der Waals surface area contributed by atoms with Gasteiger partial charge in [-0.2, -0.15) is 0 Å². The quantitative estimate of drug-likeness (QED) is 0.805. The molecule has 1 aliphatic carbocycles. The zero-order valence-electron chi connectivity index (χ0n) is 12.2. The van der Waals surface area contributed by atoms with Gasteiger partial charge in [0.15, 0.2) is 0 Å². The average Bonchev–Trinajstić information content (AvgIpc) is 2.37. The number of rotatable bonds is 5. The molecule has 1 atom stereocenters. The van der Waals surface area contributed by atoms with Crippen LogP contribution in [0.1, 0.15) is 52.9 Å². The van der Waals surface area contributed by atoms with Crippen molar-refractivity contribution in [1.82, 2.24) is 10.6 Å². The number of hydrogen-bond acceptors (Lipinski definition) is 3. The highest BCUT2D eigenvalue weighted by Crippen LogP contribution is 2.17. The fourth-order valence-electron chi connectivity index (χ4n) is 2.37. The minimum Gasteiger partial charge on any atom is -0.450 e. The van der Waals surface area contributed by atoms with Gasteiger partial charge < -0.3 is 15.4 Å². The fourth-order valence-corrected chi connectivity index (χ4v) is 2.37. The van der Waals surface area contributed by atoms with Crippen LogP contribution in [0.5, 0.6) is 0 Å². The first-order chi connectivity index (χ1) is 9.04. The van der Waals surface area contributed by atoms with Gasteiger partial charge >= 0.3 is 6.09 Å². The molecule has 0 unspecified atom stereocenters. The molecule has 19 heavy (non-hydrogen) atoms. The largest absolute Gasteiger partial charge is 0.450 e. The van der Waals surface area contributed by atoms with E-state index in [2.05, 4.69) is 10.6 Å². The van der Waals surface area contributed by atoms with Crippen LogP contribution in [-0.2, 0) is 9.53 Å². The highest BCUT2D eigenvalue weighted by atomic mass is 16.5. The summed E-state index contributed by atoms with van der Waals surface area (Å²) in [6.45, 7) is 5.88. The molecular formula is C14H26N2O3. The highest BCUT2D eigenvalue weighted by molar-refractivity contribution is 5.86. The van der Waals surface area contributed by atoms with Gasteiger partial charge in [0.1, 0.15) is 6.04 Å². The molecule has 0 aromatic carbocycles. The third-order valence-corrected chi connectivity index (χ3v) is 3.45. The second kappa shape index (κ2) is 8.02. The third-order valence-electron chi connectivity index (χ3n) is 3.45. The Morgan fingerprint density at radius 3 is 2.37 bits per heavy atom. The summed E-state index contributed by atoms with van der Waals surface area (Å²) < 4.78 is 4.83. The van der Waals surface area contributed by atoms with Crippen LogP contribution in [0.3, 0.4) is 0 Å². The molecule has 2 amide bonds. The van der Waals surface area contributed by atoms with Crippen molar-refractivity contribution in [3.63, 3.8) is 0 Å². The van der Waals surface area contributed by atoms with Crippen LogP contribution in [0.4, 0.5) is 4.79 Å².